The maximum Gasteiger partial charge on any atom is 0.323 e. The summed E-state index contributed by atoms with van der Waals surface area (Å²) in [5.41, 5.74) is 0. The van der Waals surface area contributed by atoms with Gasteiger partial charge in [-0.2, -0.15) is 5.26 Å². The van der Waals surface area contributed by atoms with E-state index in [1.165, 1.54) is 0 Å². The molecule has 0 aliphatic carbocycles. The summed E-state index contributed by atoms with van der Waals surface area (Å²) >= 11 is 0. The summed E-state index contributed by atoms with van der Waals surface area (Å²) in [5, 5.41) is 8.96. The summed E-state index contributed by atoms with van der Waals surface area (Å²) in [6, 6.07) is 2.03. The number of nitriles is 1. The van der Waals surface area contributed by atoms with Crippen LogP contribution in [0.25, 0.3) is 0 Å². The van der Waals surface area contributed by atoms with E-state index in [1.54, 1.807) is 0 Å². The molecule has 2 aliphatic heterocycles. The lowest BCUT2D eigenvalue weighted by Crippen LogP contribution is -2.47. The fourth-order valence-electron chi connectivity index (χ4n) is 2.25. The zero-order valence-electron chi connectivity index (χ0n) is 8.11. The van der Waals surface area contributed by atoms with Gasteiger partial charge in [0.2, 0.25) is 0 Å². The molecule has 14 heavy (non-hydrogen) atoms. The lowest BCUT2D eigenvalue weighted by molar-refractivity contribution is -0.143. The monoisotopic (exact) mass is 194 g/mol. The predicted molar refractivity (Wildman–Crippen MR) is 49.3 cm³/mol. The van der Waals surface area contributed by atoms with E-state index in [-0.39, 0.29) is 18.1 Å². The number of nitrogens with zero attached hydrogens (tertiary/aromatic N) is 2. The van der Waals surface area contributed by atoms with Gasteiger partial charge in [0.1, 0.15) is 6.04 Å². The van der Waals surface area contributed by atoms with Crippen LogP contribution in [0.4, 0.5) is 0 Å². The van der Waals surface area contributed by atoms with Crippen LogP contribution in [-0.4, -0.2) is 36.1 Å². The highest BCUT2D eigenvalue weighted by molar-refractivity contribution is 5.77. The van der Waals surface area contributed by atoms with Crippen LogP contribution in [0.1, 0.15) is 25.7 Å². The molecule has 0 N–H and O–H groups in total. The first-order chi connectivity index (χ1) is 6.83. The van der Waals surface area contributed by atoms with Gasteiger partial charge < -0.3 is 4.74 Å². The summed E-state index contributed by atoms with van der Waals surface area (Å²) in [6.07, 6.45) is 3.82. The number of cyclic esters (lactones) is 1. The number of hydrogen-bond acceptors (Lipinski definition) is 4. The summed E-state index contributed by atoms with van der Waals surface area (Å²) in [5.74, 6) is -0.146. The smallest absolute Gasteiger partial charge is 0.323 e. The third-order valence-electron chi connectivity index (χ3n) is 3.00. The van der Waals surface area contributed by atoms with Gasteiger partial charge >= 0.3 is 5.97 Å². The third-order valence-corrected chi connectivity index (χ3v) is 3.00. The van der Waals surface area contributed by atoms with Crippen molar-refractivity contribution >= 4 is 5.97 Å². The highest BCUT2D eigenvalue weighted by Crippen LogP contribution is 2.23. The van der Waals surface area contributed by atoms with Crippen LogP contribution in [0, 0.1) is 11.3 Å². The first-order valence-electron chi connectivity index (χ1n) is 5.15. The molecule has 2 saturated heterocycles. The topological polar surface area (TPSA) is 53.3 Å². The van der Waals surface area contributed by atoms with Crippen LogP contribution >= 0.6 is 0 Å². The normalized spacial score (nSPS) is 33.8. The number of ether oxygens (including phenoxy) is 1. The molecule has 4 heteroatoms. The number of carbonyl (C=O) groups is 1. The van der Waals surface area contributed by atoms with E-state index in [0.717, 1.165) is 32.2 Å². The zero-order valence-corrected chi connectivity index (χ0v) is 8.11. The Bertz CT molecular complexity index is 272. The second-order valence-corrected chi connectivity index (χ2v) is 3.85. The van der Waals surface area contributed by atoms with E-state index in [0.29, 0.717) is 6.61 Å². The van der Waals surface area contributed by atoms with Crippen molar-refractivity contribution in [3.8, 4) is 6.07 Å². The standard InChI is InChI=1S/C10H14N2O2/c11-7-8-3-1-2-5-12(8)9-4-6-14-10(9)13/h8-9H,1-6H2. The molecule has 0 radical (unpaired) electrons. The first-order valence-corrected chi connectivity index (χ1v) is 5.15. The van der Waals surface area contributed by atoms with Crippen LogP contribution in [0.3, 0.4) is 0 Å². The van der Waals surface area contributed by atoms with Gasteiger partial charge in [0.15, 0.2) is 0 Å². The number of piperidine rings is 1. The van der Waals surface area contributed by atoms with Crippen molar-refractivity contribution in [2.24, 2.45) is 0 Å². The molecular formula is C10H14N2O2. The molecule has 0 spiro atoms. The van der Waals surface area contributed by atoms with Crippen molar-refractivity contribution in [2.75, 3.05) is 13.2 Å². The fourth-order valence-corrected chi connectivity index (χ4v) is 2.25. The Kier molecular flexibility index (Phi) is 2.69. The van der Waals surface area contributed by atoms with Gasteiger partial charge in [0, 0.05) is 13.0 Å². The number of carbonyl (C=O) groups excluding carboxylic acids is 1. The van der Waals surface area contributed by atoms with Crippen molar-refractivity contribution < 1.29 is 9.53 Å². The SMILES string of the molecule is N#CC1CCCCN1C1CCOC1=O. The van der Waals surface area contributed by atoms with E-state index in [4.69, 9.17) is 10.00 Å². The molecule has 76 valence electrons. The maximum atomic E-state index is 11.4. The summed E-state index contributed by atoms with van der Waals surface area (Å²) in [7, 11) is 0. The van der Waals surface area contributed by atoms with Gasteiger partial charge in [-0.15, -0.1) is 0 Å². The van der Waals surface area contributed by atoms with Crippen molar-refractivity contribution in [1.82, 2.24) is 4.90 Å². The van der Waals surface area contributed by atoms with Crippen LogP contribution in [-0.2, 0) is 9.53 Å². The lowest BCUT2D eigenvalue weighted by atomic mass is 10.0. The largest absolute Gasteiger partial charge is 0.464 e. The average molecular weight is 194 g/mol. The molecule has 2 fully saturated rings. The van der Waals surface area contributed by atoms with Gasteiger partial charge in [-0.3, -0.25) is 9.69 Å². The van der Waals surface area contributed by atoms with Crippen molar-refractivity contribution in [3.05, 3.63) is 0 Å². The maximum absolute atomic E-state index is 11.4. The molecule has 2 unspecified atom stereocenters. The zero-order chi connectivity index (χ0) is 9.97. The summed E-state index contributed by atoms with van der Waals surface area (Å²) in [6.45, 7) is 1.37. The van der Waals surface area contributed by atoms with Crippen molar-refractivity contribution in [2.45, 2.75) is 37.8 Å². The lowest BCUT2D eigenvalue weighted by Gasteiger charge is -2.33. The summed E-state index contributed by atoms with van der Waals surface area (Å²) in [4.78, 5) is 13.4. The number of rotatable bonds is 1. The first kappa shape index (κ1) is 9.47. The Morgan fingerprint density at radius 3 is 2.93 bits per heavy atom. The van der Waals surface area contributed by atoms with Crippen LogP contribution < -0.4 is 0 Å². The van der Waals surface area contributed by atoms with Crippen LogP contribution in [0.5, 0.6) is 0 Å². The minimum atomic E-state index is -0.153. The molecule has 2 aliphatic rings. The fraction of sp³-hybridized carbons (Fsp3) is 0.800. The third kappa shape index (κ3) is 1.60. The van der Waals surface area contributed by atoms with E-state index >= 15 is 0 Å². The molecule has 4 nitrogen and oxygen atoms in total. The minimum absolute atomic E-state index is 0.0839. The van der Waals surface area contributed by atoms with Gasteiger partial charge in [-0.05, 0) is 19.3 Å². The average Bonchev–Trinajstić information content (AvgIpc) is 2.64. The quantitative estimate of drug-likeness (QED) is 0.576. The number of hydrogen-bond donors (Lipinski definition) is 0. The highest BCUT2D eigenvalue weighted by atomic mass is 16.5. The van der Waals surface area contributed by atoms with Crippen LogP contribution in [0.15, 0.2) is 0 Å². The van der Waals surface area contributed by atoms with Gasteiger partial charge in [-0.25, -0.2) is 0 Å². The highest BCUT2D eigenvalue weighted by Gasteiger charge is 2.37. The molecule has 0 aromatic rings. The molecule has 2 heterocycles. The molecular weight excluding hydrogens is 180 g/mol. The Hall–Kier alpha value is -1.08. The van der Waals surface area contributed by atoms with Crippen LogP contribution in [0.2, 0.25) is 0 Å². The second-order valence-electron chi connectivity index (χ2n) is 3.85. The van der Waals surface area contributed by atoms with Gasteiger partial charge in [-0.1, -0.05) is 0 Å². The number of likely N-dealkylation sites (tertiary alicyclic amines) is 1. The molecule has 2 atom stereocenters. The van der Waals surface area contributed by atoms with Crippen molar-refractivity contribution in [3.63, 3.8) is 0 Å². The van der Waals surface area contributed by atoms with E-state index < -0.39 is 0 Å². The molecule has 0 saturated carbocycles. The Morgan fingerprint density at radius 1 is 1.43 bits per heavy atom. The van der Waals surface area contributed by atoms with E-state index in [9.17, 15) is 4.79 Å². The Balaban J connectivity index is 2.07. The van der Waals surface area contributed by atoms with Crippen molar-refractivity contribution in [1.29, 1.82) is 5.26 Å². The Morgan fingerprint density at radius 2 is 2.29 bits per heavy atom. The van der Waals surface area contributed by atoms with E-state index in [2.05, 4.69) is 6.07 Å². The molecule has 0 bridgehead atoms. The molecule has 2 rings (SSSR count). The Labute approximate surface area is 83.4 Å². The molecule has 0 aromatic carbocycles. The van der Waals surface area contributed by atoms with Gasteiger partial charge in [0.05, 0.1) is 18.7 Å². The minimum Gasteiger partial charge on any atom is -0.464 e. The predicted octanol–water partition coefficient (Wildman–Crippen LogP) is 0.680. The van der Waals surface area contributed by atoms with E-state index in [1.807, 2.05) is 4.90 Å². The second kappa shape index (κ2) is 3.97. The molecule has 0 amide bonds. The number of esters is 1. The van der Waals surface area contributed by atoms with Gasteiger partial charge in [0.25, 0.3) is 0 Å². The molecule has 0 aromatic heterocycles. The summed E-state index contributed by atoms with van der Waals surface area (Å²) < 4.78 is 4.92.